The van der Waals surface area contributed by atoms with Crippen LogP contribution in [0.5, 0.6) is 0 Å². The van der Waals surface area contributed by atoms with Crippen molar-refractivity contribution in [2.75, 3.05) is 11.5 Å². The van der Waals surface area contributed by atoms with E-state index in [-0.39, 0.29) is 0 Å². The highest BCUT2D eigenvalue weighted by Crippen LogP contribution is 2.28. The molecule has 1 atom stereocenters. The first-order valence-electron chi connectivity index (χ1n) is 4.56. The van der Waals surface area contributed by atoms with Crippen LogP contribution in [-0.4, -0.2) is 11.5 Å². The van der Waals surface area contributed by atoms with Gasteiger partial charge in [0.15, 0.2) is 0 Å². The van der Waals surface area contributed by atoms with Gasteiger partial charge in [-0.15, -0.1) is 0 Å². The van der Waals surface area contributed by atoms with Crippen LogP contribution in [0.2, 0.25) is 0 Å². The van der Waals surface area contributed by atoms with Crippen molar-refractivity contribution in [3.05, 3.63) is 0 Å². The zero-order valence-electron chi connectivity index (χ0n) is 8.61. The molecule has 0 radical (unpaired) electrons. The Balaban J connectivity index is 3.44. The predicted octanol–water partition coefficient (Wildman–Crippen LogP) is 3.81. The summed E-state index contributed by atoms with van der Waals surface area (Å²) >= 11 is 2.09. The van der Waals surface area contributed by atoms with Gasteiger partial charge in [-0.25, -0.2) is 0 Å². The van der Waals surface area contributed by atoms with Crippen molar-refractivity contribution >= 4 is 11.8 Å². The molecular weight excluding hydrogens is 152 g/mol. The maximum absolute atomic E-state index is 2.35. The van der Waals surface area contributed by atoms with E-state index in [2.05, 4.69) is 46.4 Å². The van der Waals surface area contributed by atoms with Crippen LogP contribution in [0.15, 0.2) is 0 Å². The summed E-state index contributed by atoms with van der Waals surface area (Å²) in [6.45, 7) is 11.6. The molecule has 0 aliphatic heterocycles. The summed E-state index contributed by atoms with van der Waals surface area (Å²) in [6, 6.07) is 0. The monoisotopic (exact) mass is 174 g/mol. The molecule has 0 aliphatic carbocycles. The van der Waals surface area contributed by atoms with Crippen molar-refractivity contribution in [2.24, 2.45) is 11.3 Å². The molecule has 0 amide bonds. The summed E-state index contributed by atoms with van der Waals surface area (Å²) in [5.74, 6) is 3.47. The molecule has 0 heterocycles. The number of rotatable bonds is 4. The highest BCUT2D eigenvalue weighted by atomic mass is 32.2. The lowest BCUT2D eigenvalue weighted by Gasteiger charge is -2.26. The van der Waals surface area contributed by atoms with Gasteiger partial charge in [0.1, 0.15) is 0 Å². The second-order valence-corrected chi connectivity index (χ2v) is 5.49. The molecule has 1 unspecified atom stereocenters. The number of thioether (sulfide) groups is 1. The first-order valence-corrected chi connectivity index (χ1v) is 5.71. The van der Waals surface area contributed by atoms with E-state index < -0.39 is 0 Å². The molecule has 0 N–H and O–H groups in total. The zero-order valence-corrected chi connectivity index (χ0v) is 9.42. The third-order valence-electron chi connectivity index (χ3n) is 2.19. The SMILES string of the molecule is CCCSCC(C)C(C)(C)C. The minimum atomic E-state index is 0.487. The summed E-state index contributed by atoms with van der Waals surface area (Å²) in [6.07, 6.45) is 1.31. The van der Waals surface area contributed by atoms with Gasteiger partial charge in [0.05, 0.1) is 0 Å². The molecule has 0 aromatic heterocycles. The fraction of sp³-hybridized carbons (Fsp3) is 1.00. The van der Waals surface area contributed by atoms with Crippen molar-refractivity contribution in [3.8, 4) is 0 Å². The number of hydrogen-bond acceptors (Lipinski definition) is 1. The van der Waals surface area contributed by atoms with Crippen LogP contribution in [0, 0.1) is 11.3 Å². The van der Waals surface area contributed by atoms with Crippen molar-refractivity contribution in [1.82, 2.24) is 0 Å². The highest BCUT2D eigenvalue weighted by Gasteiger charge is 2.18. The molecule has 68 valence electrons. The topological polar surface area (TPSA) is 0 Å². The molecule has 0 rings (SSSR count). The van der Waals surface area contributed by atoms with E-state index in [4.69, 9.17) is 0 Å². The van der Waals surface area contributed by atoms with Gasteiger partial charge in [-0.05, 0) is 29.3 Å². The Morgan fingerprint density at radius 2 is 1.82 bits per heavy atom. The Morgan fingerprint density at radius 1 is 1.27 bits per heavy atom. The van der Waals surface area contributed by atoms with Crippen LogP contribution in [0.25, 0.3) is 0 Å². The van der Waals surface area contributed by atoms with Crippen LogP contribution in [0.1, 0.15) is 41.0 Å². The molecule has 11 heavy (non-hydrogen) atoms. The Morgan fingerprint density at radius 3 is 2.18 bits per heavy atom. The van der Waals surface area contributed by atoms with Gasteiger partial charge in [0.25, 0.3) is 0 Å². The summed E-state index contributed by atoms with van der Waals surface area (Å²) < 4.78 is 0. The molecule has 0 aromatic carbocycles. The largest absolute Gasteiger partial charge is 0.162 e. The highest BCUT2D eigenvalue weighted by molar-refractivity contribution is 7.99. The Hall–Kier alpha value is 0.350. The van der Waals surface area contributed by atoms with Gasteiger partial charge in [-0.2, -0.15) is 11.8 Å². The first kappa shape index (κ1) is 11.4. The van der Waals surface area contributed by atoms with Crippen molar-refractivity contribution in [2.45, 2.75) is 41.0 Å². The lowest BCUT2D eigenvalue weighted by molar-refractivity contribution is 0.289. The summed E-state index contributed by atoms with van der Waals surface area (Å²) in [7, 11) is 0. The van der Waals surface area contributed by atoms with Crippen LogP contribution in [0.4, 0.5) is 0 Å². The van der Waals surface area contributed by atoms with Crippen molar-refractivity contribution in [3.63, 3.8) is 0 Å². The lowest BCUT2D eigenvalue weighted by Crippen LogP contribution is -2.19. The minimum Gasteiger partial charge on any atom is -0.162 e. The van der Waals surface area contributed by atoms with E-state index >= 15 is 0 Å². The zero-order chi connectivity index (χ0) is 8.91. The van der Waals surface area contributed by atoms with E-state index in [0.717, 1.165) is 5.92 Å². The molecule has 0 spiro atoms. The Bertz CT molecular complexity index is 91.5. The second kappa shape index (κ2) is 5.08. The predicted molar refractivity (Wildman–Crippen MR) is 56.2 cm³/mol. The van der Waals surface area contributed by atoms with Gasteiger partial charge >= 0.3 is 0 Å². The molecular formula is C10H22S. The third kappa shape index (κ3) is 5.60. The second-order valence-electron chi connectivity index (χ2n) is 4.34. The molecule has 0 nitrogen and oxygen atoms in total. The summed E-state index contributed by atoms with van der Waals surface area (Å²) in [5.41, 5.74) is 0.487. The summed E-state index contributed by atoms with van der Waals surface area (Å²) in [5, 5.41) is 0. The van der Waals surface area contributed by atoms with Crippen molar-refractivity contribution < 1.29 is 0 Å². The van der Waals surface area contributed by atoms with Crippen LogP contribution in [0.3, 0.4) is 0 Å². The lowest BCUT2D eigenvalue weighted by atomic mass is 9.83. The minimum absolute atomic E-state index is 0.487. The van der Waals surface area contributed by atoms with Gasteiger partial charge in [-0.1, -0.05) is 34.6 Å². The quantitative estimate of drug-likeness (QED) is 0.584. The van der Waals surface area contributed by atoms with Gasteiger partial charge < -0.3 is 0 Å². The van der Waals surface area contributed by atoms with E-state index in [1.165, 1.54) is 17.9 Å². The number of hydrogen-bond donors (Lipinski definition) is 0. The standard InChI is InChI=1S/C10H22S/c1-6-7-11-8-9(2)10(3,4)5/h9H,6-8H2,1-5H3. The Kier molecular flexibility index (Phi) is 5.24. The third-order valence-corrected chi connectivity index (χ3v) is 3.63. The van der Waals surface area contributed by atoms with Gasteiger partial charge in [0.2, 0.25) is 0 Å². The van der Waals surface area contributed by atoms with Crippen molar-refractivity contribution in [1.29, 1.82) is 0 Å². The van der Waals surface area contributed by atoms with E-state index in [1.807, 2.05) is 0 Å². The van der Waals surface area contributed by atoms with E-state index in [1.54, 1.807) is 0 Å². The van der Waals surface area contributed by atoms with E-state index in [0.29, 0.717) is 5.41 Å². The Labute approximate surface area is 76.1 Å². The fourth-order valence-corrected chi connectivity index (χ4v) is 1.96. The summed E-state index contributed by atoms with van der Waals surface area (Å²) in [4.78, 5) is 0. The van der Waals surface area contributed by atoms with Gasteiger partial charge in [-0.3, -0.25) is 0 Å². The normalized spacial score (nSPS) is 15.0. The average molecular weight is 174 g/mol. The fourth-order valence-electron chi connectivity index (χ4n) is 0.654. The first-order chi connectivity index (χ1) is 4.98. The van der Waals surface area contributed by atoms with Crippen LogP contribution >= 0.6 is 11.8 Å². The van der Waals surface area contributed by atoms with E-state index in [9.17, 15) is 0 Å². The molecule has 0 saturated heterocycles. The maximum atomic E-state index is 2.35. The smallest absolute Gasteiger partial charge is 0.00368 e. The molecule has 0 aliphatic rings. The molecule has 1 heteroatoms. The molecule has 0 fully saturated rings. The van der Waals surface area contributed by atoms with Crippen LogP contribution < -0.4 is 0 Å². The molecule has 0 saturated carbocycles. The van der Waals surface area contributed by atoms with Gasteiger partial charge in [0, 0.05) is 0 Å². The molecule has 0 bridgehead atoms. The molecule has 0 aromatic rings. The maximum Gasteiger partial charge on any atom is -0.00368 e. The average Bonchev–Trinajstić information content (AvgIpc) is 1.86. The van der Waals surface area contributed by atoms with Crippen LogP contribution in [-0.2, 0) is 0 Å².